The van der Waals surface area contributed by atoms with Gasteiger partial charge >= 0.3 is 5.97 Å². The number of esters is 1. The van der Waals surface area contributed by atoms with E-state index in [1.807, 2.05) is 30.3 Å². The van der Waals surface area contributed by atoms with Crippen LogP contribution in [0.1, 0.15) is 63.9 Å². The smallest absolute Gasteiger partial charge is 0.309 e. The summed E-state index contributed by atoms with van der Waals surface area (Å²) in [4.78, 5) is 38.3. The minimum Gasteiger partial charge on any atom is -0.461 e. The predicted octanol–water partition coefficient (Wildman–Crippen LogP) is 3.86. The number of amides is 2. The normalized spacial score (nSPS) is 16.8. The van der Waals surface area contributed by atoms with Crippen molar-refractivity contribution in [3.63, 3.8) is 0 Å². The molecule has 0 spiro atoms. The van der Waals surface area contributed by atoms with Crippen LogP contribution in [-0.4, -0.2) is 47.7 Å². The van der Waals surface area contributed by atoms with Crippen molar-refractivity contribution in [1.29, 1.82) is 0 Å². The summed E-state index contributed by atoms with van der Waals surface area (Å²) >= 11 is 0. The van der Waals surface area contributed by atoms with Crippen LogP contribution in [0.4, 0.5) is 0 Å². The number of rotatable bonds is 16. The highest BCUT2D eigenvalue weighted by molar-refractivity contribution is 5.86. The van der Waals surface area contributed by atoms with Crippen molar-refractivity contribution in [2.45, 2.75) is 76.4 Å². The van der Waals surface area contributed by atoms with Crippen molar-refractivity contribution in [2.75, 3.05) is 13.2 Å². The lowest BCUT2D eigenvalue weighted by molar-refractivity contribution is -0.153. The molecule has 1 aromatic rings. The molecule has 0 aromatic heterocycles. The maximum absolute atomic E-state index is 12.9. The molecule has 7 heteroatoms. The number of ether oxygens (including phenoxy) is 1. The molecular formula is C29H42N2O5. The second-order valence-electron chi connectivity index (χ2n) is 9.86. The molecule has 0 bridgehead atoms. The summed E-state index contributed by atoms with van der Waals surface area (Å²) in [7, 11) is 0. The summed E-state index contributed by atoms with van der Waals surface area (Å²) in [6, 6.07) is 9.81. The van der Waals surface area contributed by atoms with Crippen molar-refractivity contribution >= 4 is 17.8 Å². The Morgan fingerprint density at radius 1 is 1.11 bits per heavy atom. The van der Waals surface area contributed by atoms with E-state index in [4.69, 9.17) is 4.74 Å². The maximum atomic E-state index is 12.9. The van der Waals surface area contributed by atoms with Crippen LogP contribution in [0.2, 0.25) is 0 Å². The van der Waals surface area contributed by atoms with E-state index in [1.54, 1.807) is 19.1 Å². The lowest BCUT2D eigenvalue weighted by Crippen LogP contribution is -2.50. The Kier molecular flexibility index (Phi) is 12.4. The Labute approximate surface area is 215 Å². The van der Waals surface area contributed by atoms with Crippen molar-refractivity contribution < 1.29 is 24.2 Å². The first kappa shape index (κ1) is 29.3. The van der Waals surface area contributed by atoms with Gasteiger partial charge in [-0.15, -0.1) is 13.2 Å². The number of carbonyl (C=O) groups is 3. The monoisotopic (exact) mass is 498 g/mol. The van der Waals surface area contributed by atoms with Gasteiger partial charge in [0.1, 0.15) is 6.10 Å². The molecular weight excluding hydrogens is 456 g/mol. The zero-order chi connectivity index (χ0) is 26.4. The summed E-state index contributed by atoms with van der Waals surface area (Å²) in [6.45, 7) is 9.25. The molecule has 3 N–H and O–H groups in total. The first-order valence-corrected chi connectivity index (χ1v) is 13.0. The van der Waals surface area contributed by atoms with Gasteiger partial charge in [0.25, 0.3) is 0 Å². The average molecular weight is 499 g/mol. The molecule has 3 unspecified atom stereocenters. The number of allylic oxidation sites excluding steroid dienone is 2. The number of nitrogens with one attached hydrogen (secondary N) is 2. The van der Waals surface area contributed by atoms with Gasteiger partial charge in [0, 0.05) is 6.42 Å². The van der Waals surface area contributed by atoms with E-state index in [1.165, 1.54) is 0 Å². The first-order chi connectivity index (χ1) is 17.3. The third-order valence-electron chi connectivity index (χ3n) is 6.78. The van der Waals surface area contributed by atoms with Gasteiger partial charge in [0.05, 0.1) is 30.5 Å². The number of aliphatic hydroxyl groups excluding tert-OH is 1. The van der Waals surface area contributed by atoms with E-state index in [0.717, 1.165) is 31.2 Å². The molecule has 1 aromatic carbocycles. The van der Waals surface area contributed by atoms with Crippen LogP contribution in [-0.2, 0) is 25.5 Å². The van der Waals surface area contributed by atoms with Gasteiger partial charge in [-0.2, -0.15) is 0 Å². The lowest BCUT2D eigenvalue weighted by Gasteiger charge is -2.28. The summed E-state index contributed by atoms with van der Waals surface area (Å²) in [5.41, 5.74) is 0.493. The van der Waals surface area contributed by atoms with Crippen LogP contribution in [0.15, 0.2) is 55.6 Å². The molecule has 0 saturated heterocycles. The number of aliphatic hydroxyl groups is 1. The molecule has 0 radical (unpaired) electrons. The van der Waals surface area contributed by atoms with Crippen molar-refractivity contribution in [3.8, 4) is 0 Å². The zero-order valence-corrected chi connectivity index (χ0v) is 21.5. The molecule has 1 aliphatic carbocycles. The molecule has 2 rings (SSSR count). The van der Waals surface area contributed by atoms with Gasteiger partial charge in [0.15, 0.2) is 0 Å². The average Bonchev–Trinajstić information content (AvgIpc) is 3.34. The van der Waals surface area contributed by atoms with Crippen molar-refractivity contribution in [3.05, 3.63) is 61.2 Å². The zero-order valence-electron chi connectivity index (χ0n) is 21.5. The van der Waals surface area contributed by atoms with Gasteiger partial charge in [-0.3, -0.25) is 14.4 Å². The first-order valence-electron chi connectivity index (χ1n) is 13.0. The molecule has 7 nitrogen and oxygen atoms in total. The highest BCUT2D eigenvalue weighted by Gasteiger charge is 2.35. The Morgan fingerprint density at radius 2 is 1.81 bits per heavy atom. The Hall–Kier alpha value is -2.93. The molecule has 1 aliphatic rings. The van der Waals surface area contributed by atoms with Crippen LogP contribution in [0.3, 0.4) is 0 Å². The standard InChI is InChI=1S/C29H42N2O5/c1-4-6-15-25(18-23-13-8-7-9-14-23)28(35)36-22(3)20-30-27(34)24(12-5-2)19-26(33)31-29(21-32)16-10-11-17-29/h4-5,7-9,13-14,22,24-25,32H,1-2,6,10-12,15-21H2,3H3,(H,30,34)(H,31,33). The van der Waals surface area contributed by atoms with Crippen LogP contribution in [0.25, 0.3) is 0 Å². The lowest BCUT2D eigenvalue weighted by atomic mass is 9.95. The van der Waals surface area contributed by atoms with Crippen LogP contribution in [0, 0.1) is 11.8 Å². The van der Waals surface area contributed by atoms with Gasteiger partial charge < -0.3 is 20.5 Å². The molecule has 198 valence electrons. The summed E-state index contributed by atoms with van der Waals surface area (Å²) in [5.74, 6) is -1.71. The Balaban J connectivity index is 1.87. The molecule has 36 heavy (non-hydrogen) atoms. The minimum atomic E-state index is -0.582. The van der Waals surface area contributed by atoms with E-state index in [2.05, 4.69) is 23.8 Å². The Bertz CT molecular complexity index is 864. The molecule has 0 heterocycles. The van der Waals surface area contributed by atoms with E-state index >= 15 is 0 Å². The van der Waals surface area contributed by atoms with Crippen molar-refractivity contribution in [1.82, 2.24) is 10.6 Å². The van der Waals surface area contributed by atoms with Gasteiger partial charge in [-0.25, -0.2) is 0 Å². The van der Waals surface area contributed by atoms with Gasteiger partial charge in [0.2, 0.25) is 11.8 Å². The second-order valence-corrected chi connectivity index (χ2v) is 9.86. The number of benzene rings is 1. The fraction of sp³-hybridized carbons (Fsp3) is 0.552. The highest BCUT2D eigenvalue weighted by Crippen LogP contribution is 2.29. The SMILES string of the molecule is C=CCCC(Cc1ccccc1)C(=O)OC(C)CNC(=O)C(CC=C)CC(=O)NC1(CO)CCCC1. The number of carbonyl (C=O) groups excluding carboxylic acids is 3. The fourth-order valence-corrected chi connectivity index (χ4v) is 4.67. The fourth-order valence-electron chi connectivity index (χ4n) is 4.67. The summed E-state index contributed by atoms with van der Waals surface area (Å²) < 4.78 is 5.65. The van der Waals surface area contributed by atoms with E-state index in [0.29, 0.717) is 25.7 Å². The second kappa shape index (κ2) is 15.2. The molecule has 3 atom stereocenters. The van der Waals surface area contributed by atoms with Crippen LogP contribution in [0.5, 0.6) is 0 Å². The largest absolute Gasteiger partial charge is 0.461 e. The quantitative estimate of drug-likeness (QED) is 0.237. The third kappa shape index (κ3) is 9.61. The highest BCUT2D eigenvalue weighted by atomic mass is 16.5. The summed E-state index contributed by atoms with van der Waals surface area (Å²) in [5, 5.41) is 15.5. The van der Waals surface area contributed by atoms with Crippen LogP contribution < -0.4 is 10.6 Å². The maximum Gasteiger partial charge on any atom is 0.309 e. The number of hydrogen-bond acceptors (Lipinski definition) is 5. The molecule has 1 fully saturated rings. The molecule has 1 saturated carbocycles. The van der Waals surface area contributed by atoms with Crippen molar-refractivity contribution in [2.24, 2.45) is 11.8 Å². The predicted molar refractivity (Wildman–Crippen MR) is 141 cm³/mol. The summed E-state index contributed by atoms with van der Waals surface area (Å²) in [6.07, 6.45) is 8.60. The van der Waals surface area contributed by atoms with Gasteiger partial charge in [-0.1, -0.05) is 55.3 Å². The van der Waals surface area contributed by atoms with Gasteiger partial charge in [-0.05, 0) is 51.0 Å². The minimum absolute atomic E-state index is 0.00841. The van der Waals surface area contributed by atoms with E-state index in [-0.39, 0.29) is 43.3 Å². The van der Waals surface area contributed by atoms with E-state index < -0.39 is 17.6 Å². The third-order valence-corrected chi connectivity index (χ3v) is 6.78. The number of hydrogen-bond donors (Lipinski definition) is 3. The molecule has 2 amide bonds. The topological polar surface area (TPSA) is 105 Å². The van der Waals surface area contributed by atoms with E-state index in [9.17, 15) is 19.5 Å². The molecule has 0 aliphatic heterocycles. The Morgan fingerprint density at radius 3 is 2.42 bits per heavy atom. The van der Waals surface area contributed by atoms with Crippen LogP contribution >= 0.6 is 0 Å².